The standard InChI is InChI=1S/C99H83Cl15N18O9/c1-17-61(133)127-44(11)32-124(33-45(127)12)89-53-27-59(101)83(65-68(104)74(110)77(113)92(137)71(65)107)122-95(53)131(98(140)56(89)30-116)86-42(9)24-50(119-80(86)39(4)5)19-21-63(135)129-48(15)36-126(37-49(129)16)90-54-28-60(102)84(66-69(105)75(111)78(114)93(138)72(66)108)123-96(54)132(99(141)57(90)31-117)87-43(10)25-51(120-81(87)40(6)7)18-20-62(134)128-46(13)34-125(35-47(128)14)88-52-26-58(100)82(64-67(103)73(109)76(112)91(136)70(64)106)121-94(52)130(97(139)55(88)29-115)85-41(8)22-23-118-79(85)38(2)3/h17-28,38-40,44-49,136-138H,1,32-37H2,2-16H3/b20-18-,21-19-/t44-,45+,46-,47+,48-,49+. The van der Waals surface area contributed by atoms with Crippen LogP contribution in [0.15, 0.2) is 81.8 Å². The van der Waals surface area contributed by atoms with E-state index in [0.717, 1.165) is 0 Å². The molecule has 3 aliphatic heterocycles. The summed E-state index contributed by atoms with van der Waals surface area (Å²) in [5.74, 6) is -4.35. The number of benzene rings is 3. The maximum atomic E-state index is 16.1. The Kier molecular flexibility index (Phi) is 30.1. The summed E-state index contributed by atoms with van der Waals surface area (Å²) in [6.07, 6.45) is 8.61. The predicted molar refractivity (Wildman–Crippen MR) is 565 cm³/mol. The Morgan fingerprint density at radius 1 is 0.383 bits per heavy atom. The zero-order chi connectivity index (χ0) is 103. The van der Waals surface area contributed by atoms with Crippen LogP contribution in [-0.4, -0.2) is 167 Å². The molecule has 728 valence electrons. The molecule has 0 spiro atoms. The third-order valence-corrected chi connectivity index (χ3v) is 31.3. The van der Waals surface area contributed by atoms with Gasteiger partial charge in [-0.2, -0.15) is 15.8 Å². The van der Waals surface area contributed by atoms with Crippen LogP contribution in [0.4, 0.5) is 17.1 Å². The lowest BCUT2D eigenvalue weighted by atomic mass is 10.00. The average Bonchev–Trinajstić information content (AvgIpc) is 0.725. The number of pyridine rings is 9. The van der Waals surface area contributed by atoms with Crippen LogP contribution in [0.5, 0.6) is 17.2 Å². The summed E-state index contributed by atoms with van der Waals surface area (Å²) in [4.78, 5) is 131. The monoisotopic (exact) mass is 2190 g/mol. The minimum Gasteiger partial charge on any atom is -0.505 e. The molecule has 9 aromatic heterocycles. The molecule has 0 saturated carbocycles. The van der Waals surface area contributed by atoms with Crippen molar-refractivity contribution < 1.29 is 29.7 Å². The molecule has 3 amide bonds. The predicted octanol–water partition coefficient (Wildman–Crippen LogP) is 24.7. The van der Waals surface area contributed by atoms with E-state index in [2.05, 4.69) is 29.8 Å². The molecule has 42 heteroatoms. The normalized spacial score (nSPS) is 17.0. The van der Waals surface area contributed by atoms with Crippen molar-refractivity contribution in [1.82, 2.24) is 58.3 Å². The van der Waals surface area contributed by atoms with Gasteiger partial charge in [0.25, 0.3) is 16.7 Å². The Balaban J connectivity index is 0.771. The number of amides is 3. The van der Waals surface area contributed by atoms with Gasteiger partial charge in [0.05, 0.1) is 140 Å². The van der Waals surface area contributed by atoms with Crippen LogP contribution in [0.25, 0.3) is 96.1 Å². The highest BCUT2D eigenvalue weighted by Crippen LogP contribution is 2.56. The molecule has 6 atom stereocenters. The number of carbonyl (C=O) groups excluding carboxylic acids is 3. The van der Waals surface area contributed by atoms with E-state index in [1.807, 2.05) is 79.0 Å². The molecule has 3 aliphatic rings. The van der Waals surface area contributed by atoms with Gasteiger partial charge in [-0.15, -0.1) is 0 Å². The number of aromatic nitrogens is 9. The number of hydrogen-bond acceptors (Lipinski definition) is 21. The Labute approximate surface area is 883 Å². The Morgan fingerprint density at radius 3 is 0.915 bits per heavy atom. The van der Waals surface area contributed by atoms with Gasteiger partial charge in [0.1, 0.15) is 66.9 Å². The lowest BCUT2D eigenvalue weighted by Crippen LogP contribution is -2.58. The van der Waals surface area contributed by atoms with Gasteiger partial charge in [-0.1, -0.05) is 222 Å². The number of anilines is 3. The van der Waals surface area contributed by atoms with Crippen molar-refractivity contribution in [3.8, 4) is 86.3 Å². The maximum absolute atomic E-state index is 16.1. The number of phenolic OH excluding ortho intramolecular Hbond substituents is 3. The summed E-state index contributed by atoms with van der Waals surface area (Å²) in [5, 5.41) is 64.3. The quantitative estimate of drug-likeness (QED) is 0.0433. The van der Waals surface area contributed by atoms with Crippen molar-refractivity contribution >= 4 is 254 Å². The first-order valence-corrected chi connectivity index (χ1v) is 49.6. The number of halogens is 15. The molecule has 3 aromatic carbocycles. The highest BCUT2D eigenvalue weighted by molar-refractivity contribution is 6.55. The first-order chi connectivity index (χ1) is 66.5. The highest BCUT2D eigenvalue weighted by Gasteiger charge is 2.43. The van der Waals surface area contributed by atoms with Crippen molar-refractivity contribution in [2.75, 3.05) is 54.0 Å². The molecule has 3 fully saturated rings. The van der Waals surface area contributed by atoms with E-state index in [4.69, 9.17) is 199 Å². The number of nitriles is 3. The van der Waals surface area contributed by atoms with E-state index in [0.29, 0.717) is 39.5 Å². The number of piperazine rings is 3. The fourth-order valence-electron chi connectivity index (χ4n) is 19.4. The van der Waals surface area contributed by atoms with Crippen molar-refractivity contribution in [2.24, 2.45) is 0 Å². The third-order valence-electron chi connectivity index (χ3n) is 25.4. The zero-order valence-corrected chi connectivity index (χ0v) is 88.9. The first kappa shape index (κ1) is 105. The van der Waals surface area contributed by atoms with Gasteiger partial charge in [-0.25, -0.2) is 15.0 Å². The van der Waals surface area contributed by atoms with Gasteiger partial charge in [0, 0.05) is 127 Å². The summed E-state index contributed by atoms with van der Waals surface area (Å²) in [7, 11) is 0. The van der Waals surface area contributed by atoms with Crippen LogP contribution < -0.4 is 31.4 Å². The molecule has 0 unspecified atom stereocenters. The second-order valence-corrected chi connectivity index (χ2v) is 41.6. The largest absolute Gasteiger partial charge is 0.505 e. The summed E-state index contributed by atoms with van der Waals surface area (Å²) in [5.41, 5.74) is 0.0198. The van der Waals surface area contributed by atoms with Crippen LogP contribution in [0.3, 0.4) is 0 Å². The third kappa shape index (κ3) is 18.0. The molecular formula is C99H83Cl15N18O9. The number of aromatic hydroxyl groups is 3. The summed E-state index contributed by atoms with van der Waals surface area (Å²) >= 11 is 102. The molecule has 12 heterocycles. The van der Waals surface area contributed by atoms with E-state index in [1.54, 1.807) is 78.6 Å². The van der Waals surface area contributed by atoms with Crippen molar-refractivity contribution in [3.63, 3.8) is 0 Å². The van der Waals surface area contributed by atoms with Crippen LogP contribution in [0.1, 0.15) is 163 Å². The van der Waals surface area contributed by atoms with Crippen LogP contribution in [0, 0.1) is 54.8 Å². The fourth-order valence-corrected chi connectivity index (χ4v) is 23.4. The average molecular weight is 2200 g/mol. The van der Waals surface area contributed by atoms with E-state index in [1.165, 1.54) is 62.3 Å². The number of carbonyl (C=O) groups is 3. The number of hydrogen-bond donors (Lipinski definition) is 3. The SMILES string of the molecule is C=CC(=O)N1[C@H](C)CN(c2c(C#N)c(=O)n(-c3c(C)cc(/C=C\C(=O)N4[C@H](C)CN(c5c(C#N)c(=O)n(-c6c(C)cc(/C=C\C(=O)N7[C@H](C)CN(c8c(C#N)c(=O)n(-c9c(C)ccnc9C(C)C)c9nc(-c%10c(Cl)c(O)c(Cl)c(Cl)c%10Cl)c(Cl)cc89)C[C@@H]7C)nc6C(C)C)c6nc(-c7c(Cl)c(O)c(Cl)c(Cl)c7Cl)c(Cl)cc56)C[C@@H]4C)nc3C(C)C)c3nc(-c4c(Cl)c(O)c(Cl)c(Cl)c4Cl)c(Cl)cc23)C[C@@H]1C. The number of fused-ring (bicyclic) bond motifs is 3. The van der Waals surface area contributed by atoms with Crippen LogP contribution in [0.2, 0.25) is 75.3 Å². The molecule has 3 N–H and O–H groups in total. The molecule has 12 aromatic rings. The van der Waals surface area contributed by atoms with E-state index in [9.17, 15) is 35.9 Å². The summed E-state index contributed by atoms with van der Waals surface area (Å²) in [6, 6.07) is 12.6. The number of aryl methyl sites for hydroxylation is 3. The zero-order valence-electron chi connectivity index (χ0n) is 77.6. The van der Waals surface area contributed by atoms with E-state index < -0.39 is 98.9 Å². The van der Waals surface area contributed by atoms with Gasteiger partial charge >= 0.3 is 0 Å². The Hall–Kier alpha value is -10.6. The van der Waals surface area contributed by atoms with Crippen LogP contribution in [-0.2, 0) is 14.4 Å². The molecule has 27 nitrogen and oxygen atoms in total. The minimum absolute atomic E-state index is 0.00274. The molecule has 3 saturated heterocycles. The summed E-state index contributed by atoms with van der Waals surface area (Å²) in [6.45, 7) is 31.4. The van der Waals surface area contributed by atoms with E-state index in [-0.39, 0.29) is 245 Å². The molecular weight excluding hydrogens is 2120 g/mol. The minimum atomic E-state index is -0.870. The molecule has 0 bridgehead atoms. The smallest absolute Gasteiger partial charge is 0.276 e. The fraction of sp³-hybridized carbons (Fsp3) is 0.303. The lowest BCUT2D eigenvalue weighted by molar-refractivity contribution is -0.131. The first-order valence-electron chi connectivity index (χ1n) is 43.9. The van der Waals surface area contributed by atoms with E-state index >= 15 is 24.0 Å². The maximum Gasteiger partial charge on any atom is 0.276 e. The molecule has 0 aliphatic carbocycles. The highest BCUT2D eigenvalue weighted by atomic mass is 35.5. The Bertz CT molecular complexity index is 7760. The van der Waals surface area contributed by atoms with Gasteiger partial charge in [0.2, 0.25) is 17.7 Å². The molecule has 141 heavy (non-hydrogen) atoms. The van der Waals surface area contributed by atoms with Crippen molar-refractivity contribution in [3.05, 3.63) is 236 Å². The molecule has 15 rings (SSSR count). The number of rotatable bonds is 17. The van der Waals surface area contributed by atoms with Crippen molar-refractivity contribution in [1.29, 1.82) is 15.8 Å². The number of nitrogens with zero attached hydrogens (tertiary/aromatic N) is 18. The van der Waals surface area contributed by atoms with Gasteiger partial charge in [0.15, 0.2) is 17.2 Å². The molecule has 0 radical (unpaired) electrons. The topological polar surface area (TPSA) is 346 Å². The Morgan fingerprint density at radius 2 is 0.652 bits per heavy atom. The second kappa shape index (κ2) is 40.6. The van der Waals surface area contributed by atoms with Crippen molar-refractivity contribution in [2.45, 2.75) is 158 Å². The summed E-state index contributed by atoms with van der Waals surface area (Å²) < 4.78 is 3.80. The number of phenols is 3. The second-order valence-electron chi connectivity index (χ2n) is 35.9. The van der Waals surface area contributed by atoms with Gasteiger partial charge < -0.3 is 44.7 Å². The van der Waals surface area contributed by atoms with Gasteiger partial charge in [-0.05, 0) is 151 Å². The lowest BCUT2D eigenvalue weighted by Gasteiger charge is -2.45. The van der Waals surface area contributed by atoms with Crippen LogP contribution >= 0.6 is 174 Å². The van der Waals surface area contributed by atoms with Gasteiger partial charge in [-0.3, -0.25) is 57.4 Å².